The Morgan fingerprint density at radius 3 is 2.74 bits per heavy atom. The second kappa shape index (κ2) is 6.74. The van der Waals surface area contributed by atoms with Crippen molar-refractivity contribution in [2.45, 2.75) is 39.8 Å². The molecule has 1 aromatic carbocycles. The number of anilines is 1. The van der Waals surface area contributed by atoms with Crippen LogP contribution in [-0.2, 0) is 0 Å². The van der Waals surface area contributed by atoms with Crippen LogP contribution in [-0.4, -0.2) is 19.5 Å². The van der Waals surface area contributed by atoms with Crippen LogP contribution in [0.25, 0.3) is 21.1 Å². The normalized spacial score (nSPS) is 12.8. The van der Waals surface area contributed by atoms with Gasteiger partial charge in [0.25, 0.3) is 5.56 Å². The molecule has 0 aliphatic rings. The van der Waals surface area contributed by atoms with Gasteiger partial charge in [-0.25, -0.2) is 15.0 Å². The maximum Gasteiger partial charge on any atom is 0.259 e. The third kappa shape index (κ3) is 2.98. The number of benzene rings is 1. The van der Waals surface area contributed by atoms with E-state index in [-0.39, 0.29) is 17.6 Å². The molecule has 27 heavy (non-hydrogen) atoms. The van der Waals surface area contributed by atoms with Gasteiger partial charge >= 0.3 is 0 Å². The molecule has 1 atom stereocenters. The molecule has 4 aromatic rings. The largest absolute Gasteiger partial charge is 0.360 e. The molecule has 138 valence electrons. The van der Waals surface area contributed by atoms with Crippen molar-refractivity contribution in [2.24, 2.45) is 0 Å². The summed E-state index contributed by atoms with van der Waals surface area (Å²) in [7, 11) is 0. The third-order valence-corrected chi connectivity index (χ3v) is 5.50. The number of nitrogens with zero attached hydrogens (tertiary/aromatic N) is 4. The van der Waals surface area contributed by atoms with Gasteiger partial charge in [0, 0.05) is 11.7 Å². The molecule has 0 amide bonds. The van der Waals surface area contributed by atoms with Gasteiger partial charge in [0.2, 0.25) is 0 Å². The molecule has 3 heterocycles. The monoisotopic (exact) mass is 379 g/mol. The standard InChI is InChI=1S/C20H21N5OS/c1-11(2)25-15(8-14-7-5-6-12(3)16(14)20(25)26)13(4)24-18-17-19(22-9-21-18)27-10-23-17/h5-11,13H,1-4H3,(H,21,22,24)/t13-/m0/s1. The summed E-state index contributed by atoms with van der Waals surface area (Å²) in [6, 6.07) is 7.99. The molecule has 0 radical (unpaired) electrons. The molecule has 0 fully saturated rings. The highest BCUT2D eigenvalue weighted by Gasteiger charge is 2.19. The van der Waals surface area contributed by atoms with Crippen LogP contribution in [0, 0.1) is 6.92 Å². The topological polar surface area (TPSA) is 72.7 Å². The summed E-state index contributed by atoms with van der Waals surface area (Å²) >= 11 is 1.48. The highest BCUT2D eigenvalue weighted by atomic mass is 32.1. The van der Waals surface area contributed by atoms with Crippen molar-refractivity contribution < 1.29 is 0 Å². The summed E-state index contributed by atoms with van der Waals surface area (Å²) in [4.78, 5) is 27.0. The van der Waals surface area contributed by atoms with E-state index in [2.05, 4.69) is 26.3 Å². The summed E-state index contributed by atoms with van der Waals surface area (Å²) in [6.45, 7) is 8.08. The molecule has 7 heteroatoms. The molecule has 0 aliphatic heterocycles. The number of rotatable bonds is 4. The summed E-state index contributed by atoms with van der Waals surface area (Å²) in [5.74, 6) is 0.681. The van der Waals surface area contributed by atoms with Gasteiger partial charge in [-0.2, -0.15) is 0 Å². The van der Waals surface area contributed by atoms with E-state index in [1.807, 2.05) is 50.5 Å². The minimum atomic E-state index is -0.121. The first-order valence-corrected chi connectivity index (χ1v) is 9.81. The van der Waals surface area contributed by atoms with E-state index in [0.717, 1.165) is 32.4 Å². The van der Waals surface area contributed by atoms with Crippen LogP contribution in [0.2, 0.25) is 0 Å². The number of nitrogens with one attached hydrogen (secondary N) is 1. The molecule has 3 aromatic heterocycles. The number of hydrogen-bond donors (Lipinski definition) is 1. The van der Waals surface area contributed by atoms with Gasteiger partial charge in [0.05, 0.1) is 16.9 Å². The van der Waals surface area contributed by atoms with Gasteiger partial charge in [0.1, 0.15) is 16.7 Å². The molecular weight excluding hydrogens is 358 g/mol. The molecule has 0 spiro atoms. The van der Waals surface area contributed by atoms with Crippen LogP contribution >= 0.6 is 11.3 Å². The van der Waals surface area contributed by atoms with Gasteiger partial charge in [-0.15, -0.1) is 11.3 Å². The molecule has 0 bridgehead atoms. The quantitative estimate of drug-likeness (QED) is 0.567. The highest BCUT2D eigenvalue weighted by Crippen LogP contribution is 2.27. The first kappa shape index (κ1) is 17.6. The molecule has 1 N–H and O–H groups in total. The fraction of sp³-hybridized carbons (Fsp3) is 0.300. The minimum Gasteiger partial charge on any atom is -0.360 e. The van der Waals surface area contributed by atoms with Crippen molar-refractivity contribution in [3.8, 4) is 0 Å². The van der Waals surface area contributed by atoms with Crippen LogP contribution in [0.5, 0.6) is 0 Å². The van der Waals surface area contributed by atoms with Crippen LogP contribution in [0.4, 0.5) is 5.82 Å². The lowest BCUT2D eigenvalue weighted by atomic mass is 10.0. The van der Waals surface area contributed by atoms with Crippen LogP contribution in [0.1, 0.15) is 44.1 Å². The van der Waals surface area contributed by atoms with Gasteiger partial charge in [-0.05, 0) is 44.7 Å². The SMILES string of the molecule is Cc1cccc2cc([C@H](C)Nc3ncnc4scnc34)n(C(C)C)c(=O)c12. The zero-order chi connectivity index (χ0) is 19.1. The number of thiazole rings is 1. The van der Waals surface area contributed by atoms with Crippen molar-refractivity contribution in [3.63, 3.8) is 0 Å². The summed E-state index contributed by atoms with van der Waals surface area (Å²) < 4.78 is 1.87. The van der Waals surface area contributed by atoms with Crippen LogP contribution in [0.3, 0.4) is 0 Å². The van der Waals surface area contributed by atoms with E-state index in [0.29, 0.717) is 5.82 Å². The van der Waals surface area contributed by atoms with E-state index in [1.165, 1.54) is 17.7 Å². The smallest absolute Gasteiger partial charge is 0.259 e. The van der Waals surface area contributed by atoms with E-state index < -0.39 is 0 Å². The predicted octanol–water partition coefficient (Wildman–Crippen LogP) is 4.46. The zero-order valence-electron chi connectivity index (χ0n) is 15.7. The maximum absolute atomic E-state index is 13.2. The molecular formula is C20H21N5OS. The van der Waals surface area contributed by atoms with E-state index in [9.17, 15) is 4.79 Å². The van der Waals surface area contributed by atoms with Crippen molar-refractivity contribution in [2.75, 3.05) is 5.32 Å². The lowest BCUT2D eigenvalue weighted by Gasteiger charge is -2.23. The number of pyridine rings is 1. The number of fused-ring (bicyclic) bond motifs is 2. The number of hydrogen-bond acceptors (Lipinski definition) is 6. The van der Waals surface area contributed by atoms with E-state index >= 15 is 0 Å². The highest BCUT2D eigenvalue weighted by molar-refractivity contribution is 7.16. The molecule has 0 aliphatic carbocycles. The lowest BCUT2D eigenvalue weighted by molar-refractivity contribution is 0.541. The Bertz CT molecular complexity index is 1190. The molecule has 0 saturated carbocycles. The molecule has 4 rings (SSSR count). The zero-order valence-corrected chi connectivity index (χ0v) is 16.5. The van der Waals surface area contributed by atoms with E-state index in [1.54, 1.807) is 5.51 Å². The van der Waals surface area contributed by atoms with Crippen molar-refractivity contribution in [3.05, 3.63) is 57.7 Å². The fourth-order valence-electron chi connectivity index (χ4n) is 3.51. The Labute approximate surface area is 160 Å². The first-order valence-electron chi connectivity index (χ1n) is 8.93. The second-order valence-corrected chi connectivity index (χ2v) is 7.80. The summed E-state index contributed by atoms with van der Waals surface area (Å²) in [6.07, 6.45) is 1.54. The Morgan fingerprint density at radius 1 is 1.15 bits per heavy atom. The lowest BCUT2D eigenvalue weighted by Crippen LogP contribution is -2.28. The number of aromatic nitrogens is 4. The molecule has 0 saturated heterocycles. The fourth-order valence-corrected chi connectivity index (χ4v) is 4.14. The second-order valence-electron chi connectivity index (χ2n) is 6.97. The van der Waals surface area contributed by atoms with Crippen LogP contribution < -0.4 is 10.9 Å². The van der Waals surface area contributed by atoms with E-state index in [4.69, 9.17) is 0 Å². The molecule has 6 nitrogen and oxygen atoms in total. The van der Waals surface area contributed by atoms with Gasteiger partial charge in [-0.1, -0.05) is 18.2 Å². The minimum absolute atomic E-state index is 0.0467. The third-order valence-electron chi connectivity index (χ3n) is 4.77. The van der Waals surface area contributed by atoms with Crippen molar-refractivity contribution >= 4 is 38.3 Å². The Morgan fingerprint density at radius 2 is 1.96 bits per heavy atom. The van der Waals surface area contributed by atoms with Crippen LogP contribution in [0.15, 0.2) is 40.9 Å². The van der Waals surface area contributed by atoms with Gasteiger partial charge in [-0.3, -0.25) is 4.79 Å². The van der Waals surface area contributed by atoms with Gasteiger partial charge in [0.15, 0.2) is 5.82 Å². The summed E-state index contributed by atoms with van der Waals surface area (Å²) in [5, 5.41) is 5.17. The average Bonchev–Trinajstić information content (AvgIpc) is 3.10. The van der Waals surface area contributed by atoms with Crippen molar-refractivity contribution in [1.82, 2.24) is 19.5 Å². The average molecular weight is 379 g/mol. The maximum atomic E-state index is 13.2. The Kier molecular flexibility index (Phi) is 4.39. The summed E-state index contributed by atoms with van der Waals surface area (Å²) in [5.41, 5.74) is 4.49. The Balaban J connectivity index is 1.86. The van der Waals surface area contributed by atoms with Gasteiger partial charge < -0.3 is 9.88 Å². The predicted molar refractivity (Wildman–Crippen MR) is 111 cm³/mol. The Hall–Kier alpha value is -2.80. The van der Waals surface area contributed by atoms with Crippen molar-refractivity contribution in [1.29, 1.82) is 0 Å². The number of aryl methyl sites for hydroxylation is 1. The molecule has 0 unspecified atom stereocenters. The first-order chi connectivity index (χ1) is 13.0.